The third-order valence-corrected chi connectivity index (χ3v) is 4.72. The van der Waals surface area contributed by atoms with Gasteiger partial charge in [0.05, 0.1) is 17.8 Å². The van der Waals surface area contributed by atoms with E-state index in [0.717, 1.165) is 18.8 Å². The molecule has 2 heterocycles. The Kier molecular flexibility index (Phi) is 9.23. The van der Waals surface area contributed by atoms with Crippen molar-refractivity contribution in [3.8, 4) is 0 Å². The third kappa shape index (κ3) is 5.85. The van der Waals surface area contributed by atoms with Gasteiger partial charge in [0.15, 0.2) is 0 Å². The lowest BCUT2D eigenvalue weighted by molar-refractivity contribution is 0.0526. The predicted molar refractivity (Wildman–Crippen MR) is 118 cm³/mol. The van der Waals surface area contributed by atoms with Crippen LogP contribution < -0.4 is 5.32 Å². The lowest BCUT2D eigenvalue weighted by Crippen LogP contribution is -2.28. The molecule has 1 N–H and O–H groups in total. The molecule has 1 aliphatic rings. The number of hydrogen-bond acceptors (Lipinski definition) is 4. The van der Waals surface area contributed by atoms with E-state index in [-0.39, 0.29) is 11.5 Å². The van der Waals surface area contributed by atoms with E-state index in [1.165, 1.54) is 5.57 Å². The molecule has 5 heteroatoms. The van der Waals surface area contributed by atoms with Crippen LogP contribution in [0, 0.1) is 12.8 Å². The van der Waals surface area contributed by atoms with Gasteiger partial charge in [-0.25, -0.2) is 9.48 Å². The van der Waals surface area contributed by atoms with E-state index in [2.05, 4.69) is 61.6 Å². The fourth-order valence-electron chi connectivity index (χ4n) is 3.27. The van der Waals surface area contributed by atoms with E-state index < -0.39 is 0 Å². The van der Waals surface area contributed by atoms with Crippen LogP contribution in [0.3, 0.4) is 0 Å². The smallest absolute Gasteiger partial charge is 0.343 e. The van der Waals surface area contributed by atoms with Crippen LogP contribution in [0.2, 0.25) is 0 Å². The second kappa shape index (κ2) is 10.9. The number of aromatic nitrogens is 2. The first-order valence-electron chi connectivity index (χ1n) is 10.3. The van der Waals surface area contributed by atoms with Gasteiger partial charge in [-0.2, -0.15) is 5.10 Å². The number of ether oxygens (including phenoxy) is 1. The monoisotopic (exact) mass is 387 g/mol. The Balaban J connectivity index is 0.00000190. The summed E-state index contributed by atoms with van der Waals surface area (Å²) in [4.78, 5) is 12.4. The largest absolute Gasteiger partial charge is 0.462 e. The summed E-state index contributed by atoms with van der Waals surface area (Å²) in [5.74, 6) is 0.799. The number of rotatable bonds is 5. The molecule has 0 radical (unpaired) electrons. The molecule has 0 bridgehead atoms. The van der Waals surface area contributed by atoms with Gasteiger partial charge in [-0.1, -0.05) is 49.8 Å². The lowest BCUT2D eigenvalue weighted by atomic mass is 9.91. The normalized spacial score (nSPS) is 18.9. The molecule has 1 aromatic heterocycles. The number of anilines is 1. The molecule has 0 saturated heterocycles. The summed E-state index contributed by atoms with van der Waals surface area (Å²) in [6.07, 6.45) is 11.5. The second-order valence-corrected chi connectivity index (χ2v) is 7.38. The van der Waals surface area contributed by atoms with E-state index in [9.17, 15) is 4.79 Å². The predicted octanol–water partition coefficient (Wildman–Crippen LogP) is 5.64. The zero-order valence-electron chi connectivity index (χ0n) is 18.8. The van der Waals surface area contributed by atoms with Crippen molar-refractivity contribution in [2.24, 2.45) is 5.92 Å². The number of fused-ring (bicyclic) bond motifs is 1. The zero-order valence-corrected chi connectivity index (χ0v) is 18.8. The molecule has 1 unspecified atom stereocenters. The highest BCUT2D eigenvalue weighted by Crippen LogP contribution is 2.35. The summed E-state index contributed by atoms with van der Waals surface area (Å²) in [5.41, 5.74) is 2.29. The quantitative estimate of drug-likeness (QED) is 0.525. The minimum absolute atomic E-state index is 0.202. The Morgan fingerprint density at radius 2 is 2.04 bits per heavy atom. The summed E-state index contributed by atoms with van der Waals surface area (Å²) in [5, 5.41) is 8.07. The van der Waals surface area contributed by atoms with Gasteiger partial charge in [0, 0.05) is 6.54 Å². The van der Waals surface area contributed by atoms with E-state index in [1.54, 1.807) is 0 Å². The van der Waals surface area contributed by atoms with Gasteiger partial charge >= 0.3 is 5.97 Å². The fourth-order valence-corrected chi connectivity index (χ4v) is 3.27. The average Bonchev–Trinajstić information content (AvgIpc) is 2.95. The first kappa shape index (κ1) is 23.7. The van der Waals surface area contributed by atoms with Crippen molar-refractivity contribution in [1.82, 2.24) is 9.78 Å². The van der Waals surface area contributed by atoms with Crippen LogP contribution in [0.15, 0.2) is 36.0 Å². The molecular weight excluding hydrogens is 350 g/mol. The highest BCUT2D eigenvalue weighted by atomic mass is 16.5. The number of nitrogens with one attached hydrogen (secondary N) is 1. The van der Waals surface area contributed by atoms with Gasteiger partial charge in [-0.05, 0) is 53.9 Å². The molecule has 156 valence electrons. The summed E-state index contributed by atoms with van der Waals surface area (Å²) < 4.78 is 7.17. The third-order valence-electron chi connectivity index (χ3n) is 4.72. The van der Waals surface area contributed by atoms with Gasteiger partial charge in [0.1, 0.15) is 11.4 Å². The number of hydrogen-bond donors (Lipinski definition) is 1. The van der Waals surface area contributed by atoms with Gasteiger partial charge < -0.3 is 10.1 Å². The Hall–Kier alpha value is -2.30. The molecule has 1 aliphatic heterocycles. The van der Waals surface area contributed by atoms with Crippen molar-refractivity contribution in [1.29, 1.82) is 0 Å². The maximum atomic E-state index is 12.4. The summed E-state index contributed by atoms with van der Waals surface area (Å²) >= 11 is 0. The Morgan fingerprint density at radius 1 is 1.36 bits per heavy atom. The molecule has 1 aromatic rings. The Bertz CT molecular complexity index is 739. The average molecular weight is 388 g/mol. The van der Waals surface area contributed by atoms with E-state index in [1.807, 2.05) is 39.3 Å². The summed E-state index contributed by atoms with van der Waals surface area (Å²) in [7, 11) is 0. The molecule has 0 fully saturated rings. The van der Waals surface area contributed by atoms with Gasteiger partial charge in [-0.15, -0.1) is 0 Å². The number of carbonyl (C=O) groups excluding carboxylic acids is 1. The minimum atomic E-state index is -0.312. The van der Waals surface area contributed by atoms with Crippen molar-refractivity contribution in [2.75, 3.05) is 18.5 Å². The van der Waals surface area contributed by atoms with Crippen LogP contribution >= 0.6 is 0 Å². The number of esters is 1. The van der Waals surface area contributed by atoms with Crippen molar-refractivity contribution in [3.63, 3.8) is 0 Å². The van der Waals surface area contributed by atoms with Gasteiger partial charge in [0.25, 0.3) is 0 Å². The van der Waals surface area contributed by atoms with Crippen molar-refractivity contribution >= 4 is 11.8 Å². The van der Waals surface area contributed by atoms with Gasteiger partial charge in [0.2, 0.25) is 0 Å². The molecule has 0 aromatic carbocycles. The zero-order chi connectivity index (χ0) is 21.3. The Labute approximate surface area is 170 Å². The molecule has 0 amide bonds. The van der Waals surface area contributed by atoms with E-state index >= 15 is 0 Å². The fraction of sp³-hybridized carbons (Fsp3) is 0.565. The first-order chi connectivity index (χ1) is 13.3. The SMILES string of the molecule is CC.C\C=C(C)/C=C\C=C\C1CNc2c(C(=O)OCC)c(C)nn2C(C)(C)C1. The maximum Gasteiger partial charge on any atom is 0.343 e. The highest BCUT2D eigenvalue weighted by Gasteiger charge is 2.34. The summed E-state index contributed by atoms with van der Waals surface area (Å²) in [6.45, 7) is 17.2. The Morgan fingerprint density at radius 3 is 2.64 bits per heavy atom. The van der Waals surface area contributed by atoms with E-state index in [0.29, 0.717) is 23.8 Å². The summed E-state index contributed by atoms with van der Waals surface area (Å²) in [6, 6.07) is 0. The van der Waals surface area contributed by atoms with Crippen molar-refractivity contribution in [2.45, 2.75) is 67.3 Å². The first-order valence-corrected chi connectivity index (χ1v) is 10.3. The standard InChI is InChI=1S/C21H31N3O2.C2H6/c1-7-15(3)11-9-10-12-17-13-21(5,6)24-19(22-14-17)18(16(4)23-24)20(25)26-8-2;1-2/h7,9-12,17,22H,8,13-14H2,1-6H3;1-2H3/b11-9-,12-10+,15-7-;. The molecular formula is C23H37N3O2. The van der Waals surface area contributed by atoms with Crippen LogP contribution in [-0.2, 0) is 10.3 Å². The topological polar surface area (TPSA) is 56.1 Å². The van der Waals surface area contributed by atoms with Crippen LogP contribution in [0.5, 0.6) is 0 Å². The van der Waals surface area contributed by atoms with Crippen molar-refractivity contribution < 1.29 is 9.53 Å². The van der Waals surface area contributed by atoms with Crippen LogP contribution in [0.4, 0.5) is 5.82 Å². The van der Waals surface area contributed by atoms with Gasteiger partial charge in [-0.3, -0.25) is 0 Å². The molecule has 5 nitrogen and oxygen atoms in total. The lowest BCUT2D eigenvalue weighted by Gasteiger charge is -2.26. The number of aryl methyl sites for hydroxylation is 1. The maximum absolute atomic E-state index is 12.4. The number of allylic oxidation sites excluding steroid dienone is 5. The minimum Gasteiger partial charge on any atom is -0.462 e. The van der Waals surface area contributed by atoms with Crippen LogP contribution in [0.1, 0.15) is 70.9 Å². The number of nitrogens with zero attached hydrogens (tertiary/aromatic N) is 2. The molecule has 1 atom stereocenters. The second-order valence-electron chi connectivity index (χ2n) is 7.38. The molecule has 0 spiro atoms. The molecule has 0 saturated carbocycles. The number of carbonyl (C=O) groups is 1. The molecule has 0 aliphatic carbocycles. The van der Waals surface area contributed by atoms with Crippen LogP contribution in [0.25, 0.3) is 0 Å². The van der Waals surface area contributed by atoms with Crippen LogP contribution in [-0.4, -0.2) is 28.9 Å². The van der Waals surface area contributed by atoms with E-state index in [4.69, 9.17) is 4.74 Å². The molecule has 28 heavy (non-hydrogen) atoms. The molecule has 2 rings (SSSR count). The van der Waals surface area contributed by atoms with Crippen molar-refractivity contribution in [3.05, 3.63) is 47.2 Å². The highest BCUT2D eigenvalue weighted by molar-refractivity contribution is 5.96.